The summed E-state index contributed by atoms with van der Waals surface area (Å²) in [4.78, 5) is 4.39. The number of benzene rings is 1. The van der Waals surface area contributed by atoms with Crippen molar-refractivity contribution >= 4 is 16.6 Å². The highest BCUT2D eigenvalue weighted by Gasteiger charge is 2.21. The quantitative estimate of drug-likeness (QED) is 0.723. The van der Waals surface area contributed by atoms with Crippen LogP contribution in [0.1, 0.15) is 31.9 Å². The Balaban J connectivity index is 2.43. The second-order valence-corrected chi connectivity index (χ2v) is 5.46. The van der Waals surface area contributed by atoms with Crippen LogP contribution in [0.3, 0.4) is 0 Å². The van der Waals surface area contributed by atoms with E-state index >= 15 is 0 Å². The van der Waals surface area contributed by atoms with E-state index in [4.69, 9.17) is 0 Å². The number of rotatable bonds is 0. The summed E-state index contributed by atoms with van der Waals surface area (Å²) in [6, 6.07) is 6.62. The van der Waals surface area contributed by atoms with Crippen molar-refractivity contribution in [3.8, 4) is 0 Å². The number of hydrogen-bond donors (Lipinski definition) is 1. The van der Waals surface area contributed by atoms with E-state index in [0.29, 0.717) is 0 Å². The number of nitrogens with one attached hydrogen (secondary N) is 1. The van der Waals surface area contributed by atoms with E-state index < -0.39 is 0 Å². The maximum Gasteiger partial charge on any atom is 0.134 e. The third-order valence-corrected chi connectivity index (χ3v) is 3.27. The fourth-order valence-electron chi connectivity index (χ4n) is 2.48. The molecule has 0 unspecified atom stereocenters. The van der Waals surface area contributed by atoms with E-state index in [2.05, 4.69) is 49.3 Å². The van der Waals surface area contributed by atoms with Crippen molar-refractivity contribution in [3.63, 3.8) is 0 Å². The first-order valence-corrected chi connectivity index (χ1v) is 5.72. The van der Waals surface area contributed by atoms with Crippen LogP contribution in [0, 0.1) is 0 Å². The monoisotopic (exact) mass is 212 g/mol. The van der Waals surface area contributed by atoms with Crippen molar-refractivity contribution in [1.82, 2.24) is 4.98 Å². The van der Waals surface area contributed by atoms with E-state index in [0.717, 1.165) is 12.4 Å². The van der Waals surface area contributed by atoms with Crippen LogP contribution in [0.2, 0.25) is 0 Å². The van der Waals surface area contributed by atoms with Crippen molar-refractivity contribution in [3.05, 3.63) is 35.5 Å². The number of pyridine rings is 1. The molecule has 0 amide bonds. The minimum atomic E-state index is 0.180. The average molecular weight is 212 g/mol. The van der Waals surface area contributed by atoms with Crippen LogP contribution in [-0.2, 0) is 12.0 Å². The molecule has 0 saturated carbocycles. The van der Waals surface area contributed by atoms with Gasteiger partial charge in [-0.15, -0.1) is 0 Å². The highest BCUT2D eigenvalue weighted by atomic mass is 15.0. The molecule has 2 nitrogen and oxygen atoms in total. The molecule has 0 aliphatic carbocycles. The minimum absolute atomic E-state index is 0.180. The highest BCUT2D eigenvalue weighted by molar-refractivity contribution is 5.99. The molecule has 1 aliphatic heterocycles. The lowest BCUT2D eigenvalue weighted by Gasteiger charge is -2.21. The zero-order chi connectivity index (χ0) is 11.3. The number of nitrogens with zero attached hydrogens (tertiary/aromatic N) is 1. The normalized spacial score (nSPS) is 14.2. The molecular formula is C14H16N2. The lowest BCUT2D eigenvalue weighted by atomic mass is 9.83. The summed E-state index contributed by atoms with van der Waals surface area (Å²) in [5, 5.41) is 6.00. The Labute approximate surface area is 95.7 Å². The summed E-state index contributed by atoms with van der Waals surface area (Å²) in [6.07, 6.45) is 1.90. The Hall–Kier alpha value is -1.57. The Bertz CT molecular complexity index is 554. The van der Waals surface area contributed by atoms with E-state index in [1.165, 1.54) is 21.9 Å². The van der Waals surface area contributed by atoms with Gasteiger partial charge in [-0.25, -0.2) is 4.98 Å². The Morgan fingerprint density at radius 1 is 1.19 bits per heavy atom. The van der Waals surface area contributed by atoms with Crippen LogP contribution in [0.25, 0.3) is 10.8 Å². The average Bonchev–Trinajstić information content (AvgIpc) is 2.63. The van der Waals surface area contributed by atoms with Crippen molar-refractivity contribution in [2.24, 2.45) is 0 Å². The minimum Gasteiger partial charge on any atom is -0.365 e. The summed E-state index contributed by atoms with van der Waals surface area (Å²) in [5.74, 6) is 1.04. The van der Waals surface area contributed by atoms with Crippen LogP contribution < -0.4 is 5.32 Å². The molecule has 1 N–H and O–H groups in total. The van der Waals surface area contributed by atoms with Gasteiger partial charge in [0.1, 0.15) is 5.82 Å². The molecule has 0 atom stereocenters. The smallest absolute Gasteiger partial charge is 0.134 e. The number of anilines is 1. The van der Waals surface area contributed by atoms with Crippen LogP contribution in [0.15, 0.2) is 24.4 Å². The first-order chi connectivity index (χ1) is 7.57. The Morgan fingerprint density at radius 3 is 2.75 bits per heavy atom. The van der Waals surface area contributed by atoms with Crippen LogP contribution >= 0.6 is 0 Å². The fourth-order valence-corrected chi connectivity index (χ4v) is 2.48. The van der Waals surface area contributed by atoms with Gasteiger partial charge >= 0.3 is 0 Å². The fraction of sp³-hybridized carbons (Fsp3) is 0.357. The van der Waals surface area contributed by atoms with Crippen LogP contribution in [-0.4, -0.2) is 4.98 Å². The molecule has 1 aliphatic rings. The largest absolute Gasteiger partial charge is 0.365 e. The van der Waals surface area contributed by atoms with Crippen molar-refractivity contribution in [2.45, 2.75) is 32.7 Å². The molecular weight excluding hydrogens is 196 g/mol. The standard InChI is InChI=1S/C14H16N2/c1-14(2,3)11-5-4-9-8-16-13-12(9)10(11)6-7-15-13/h4-7H,8H2,1-3H3,(H,15,16). The van der Waals surface area contributed by atoms with E-state index in [1.54, 1.807) is 0 Å². The molecule has 2 aromatic rings. The third-order valence-electron chi connectivity index (χ3n) is 3.27. The summed E-state index contributed by atoms with van der Waals surface area (Å²) >= 11 is 0. The maximum atomic E-state index is 4.39. The molecule has 2 heteroatoms. The van der Waals surface area contributed by atoms with Gasteiger partial charge in [-0.2, -0.15) is 0 Å². The molecule has 0 fully saturated rings. The first kappa shape index (κ1) is 9.64. The second-order valence-electron chi connectivity index (χ2n) is 5.46. The molecule has 0 spiro atoms. The third kappa shape index (κ3) is 1.22. The summed E-state index contributed by atoms with van der Waals surface area (Å²) in [5.41, 5.74) is 2.95. The van der Waals surface area contributed by atoms with Gasteiger partial charge in [0.15, 0.2) is 0 Å². The van der Waals surface area contributed by atoms with Gasteiger partial charge < -0.3 is 5.32 Å². The summed E-state index contributed by atoms with van der Waals surface area (Å²) < 4.78 is 0. The molecule has 82 valence electrons. The lowest BCUT2D eigenvalue weighted by molar-refractivity contribution is 0.596. The lowest BCUT2D eigenvalue weighted by Crippen LogP contribution is -2.11. The van der Waals surface area contributed by atoms with Gasteiger partial charge in [-0.1, -0.05) is 32.9 Å². The number of aromatic nitrogens is 1. The maximum absolute atomic E-state index is 4.39. The zero-order valence-corrected chi connectivity index (χ0v) is 9.96. The molecule has 1 aromatic heterocycles. The predicted octanol–water partition coefficient (Wildman–Crippen LogP) is 3.46. The van der Waals surface area contributed by atoms with E-state index in [9.17, 15) is 0 Å². The van der Waals surface area contributed by atoms with Crippen molar-refractivity contribution in [1.29, 1.82) is 0 Å². The zero-order valence-electron chi connectivity index (χ0n) is 9.96. The molecule has 0 saturated heterocycles. The van der Waals surface area contributed by atoms with Gasteiger partial charge in [0.2, 0.25) is 0 Å². The summed E-state index contributed by atoms with van der Waals surface area (Å²) in [6.45, 7) is 7.68. The van der Waals surface area contributed by atoms with E-state index in [1.807, 2.05) is 6.20 Å². The summed E-state index contributed by atoms with van der Waals surface area (Å²) in [7, 11) is 0. The topological polar surface area (TPSA) is 24.9 Å². The first-order valence-electron chi connectivity index (χ1n) is 5.72. The van der Waals surface area contributed by atoms with E-state index in [-0.39, 0.29) is 5.41 Å². The highest BCUT2D eigenvalue weighted by Crippen LogP contribution is 2.37. The van der Waals surface area contributed by atoms with Gasteiger partial charge in [0.25, 0.3) is 0 Å². The van der Waals surface area contributed by atoms with Gasteiger partial charge in [-0.3, -0.25) is 0 Å². The predicted molar refractivity (Wildman–Crippen MR) is 67.8 cm³/mol. The van der Waals surface area contributed by atoms with Crippen LogP contribution in [0.5, 0.6) is 0 Å². The molecule has 16 heavy (non-hydrogen) atoms. The molecule has 0 bridgehead atoms. The molecule has 3 rings (SSSR count). The molecule has 0 radical (unpaired) electrons. The van der Waals surface area contributed by atoms with Crippen LogP contribution in [0.4, 0.5) is 5.82 Å². The second kappa shape index (κ2) is 2.97. The van der Waals surface area contributed by atoms with Crippen molar-refractivity contribution in [2.75, 3.05) is 5.32 Å². The van der Waals surface area contributed by atoms with Gasteiger partial charge in [0, 0.05) is 18.1 Å². The Morgan fingerprint density at radius 2 is 2.00 bits per heavy atom. The van der Waals surface area contributed by atoms with Gasteiger partial charge in [-0.05, 0) is 28.0 Å². The SMILES string of the molecule is CC(C)(C)c1ccc2c3c(nccc13)NC2. The molecule has 2 heterocycles. The van der Waals surface area contributed by atoms with Gasteiger partial charge in [0.05, 0.1) is 0 Å². The Kier molecular flexibility index (Phi) is 1.79. The number of hydrogen-bond acceptors (Lipinski definition) is 2. The molecule has 1 aromatic carbocycles. The van der Waals surface area contributed by atoms with Crippen molar-refractivity contribution < 1.29 is 0 Å².